The third-order valence-electron chi connectivity index (χ3n) is 3.38. The Labute approximate surface area is 105 Å². The van der Waals surface area contributed by atoms with E-state index in [1.807, 2.05) is 11.3 Å². The Kier molecular flexibility index (Phi) is 4.70. The van der Waals surface area contributed by atoms with E-state index in [-0.39, 0.29) is 0 Å². The first kappa shape index (κ1) is 11.7. The normalized spacial score (nSPS) is 21.9. The first-order chi connectivity index (χ1) is 7.38. The summed E-state index contributed by atoms with van der Waals surface area (Å²) < 4.78 is 0. The molecule has 1 heterocycles. The third kappa shape index (κ3) is 3.32. The monoisotopic (exact) mass is 286 g/mol. The highest BCUT2D eigenvalue weighted by Crippen LogP contribution is 2.40. The summed E-state index contributed by atoms with van der Waals surface area (Å²) in [6.07, 6.45) is 10.0. The van der Waals surface area contributed by atoms with E-state index in [2.05, 4.69) is 33.4 Å². The topological polar surface area (TPSA) is 0 Å². The fraction of sp³-hybridized carbons (Fsp3) is 0.692. The highest BCUT2D eigenvalue weighted by molar-refractivity contribution is 9.09. The number of halogens is 1. The average molecular weight is 287 g/mol. The first-order valence-electron chi connectivity index (χ1n) is 6.05. The predicted molar refractivity (Wildman–Crippen MR) is 71.8 cm³/mol. The van der Waals surface area contributed by atoms with Crippen LogP contribution in [0.3, 0.4) is 0 Å². The SMILES string of the molecule is BrC(c1cccs1)C1CCCCCCC1. The number of alkyl halides is 1. The van der Waals surface area contributed by atoms with Gasteiger partial charge in [-0.1, -0.05) is 54.1 Å². The van der Waals surface area contributed by atoms with Gasteiger partial charge in [-0.25, -0.2) is 0 Å². The highest BCUT2D eigenvalue weighted by Gasteiger charge is 2.21. The molecular formula is C13H19BrS. The number of hydrogen-bond acceptors (Lipinski definition) is 1. The van der Waals surface area contributed by atoms with Crippen LogP contribution in [0.1, 0.15) is 54.7 Å². The Morgan fingerprint density at radius 1 is 1.13 bits per heavy atom. The molecule has 1 aliphatic rings. The molecule has 1 aliphatic carbocycles. The molecule has 1 aromatic rings. The molecule has 84 valence electrons. The molecule has 1 saturated carbocycles. The van der Waals surface area contributed by atoms with E-state index >= 15 is 0 Å². The van der Waals surface area contributed by atoms with Gasteiger partial charge in [0, 0.05) is 4.88 Å². The van der Waals surface area contributed by atoms with Crippen molar-refractivity contribution in [1.82, 2.24) is 0 Å². The van der Waals surface area contributed by atoms with Gasteiger partial charge in [-0.15, -0.1) is 11.3 Å². The van der Waals surface area contributed by atoms with Crippen molar-refractivity contribution in [3.63, 3.8) is 0 Å². The van der Waals surface area contributed by atoms with Gasteiger partial charge in [0.25, 0.3) is 0 Å². The molecule has 1 fully saturated rings. The zero-order valence-corrected chi connectivity index (χ0v) is 11.5. The fourth-order valence-corrected chi connectivity index (χ4v) is 4.26. The smallest absolute Gasteiger partial charge is 0.0517 e. The van der Waals surface area contributed by atoms with Crippen LogP contribution in [0.2, 0.25) is 0 Å². The Balaban J connectivity index is 1.95. The number of hydrogen-bond donors (Lipinski definition) is 0. The van der Waals surface area contributed by atoms with E-state index in [9.17, 15) is 0 Å². The molecule has 2 rings (SSSR count). The summed E-state index contributed by atoms with van der Waals surface area (Å²) in [5.74, 6) is 0.865. The van der Waals surface area contributed by atoms with E-state index in [0.29, 0.717) is 4.83 Å². The molecule has 0 saturated heterocycles. The molecule has 0 amide bonds. The summed E-state index contributed by atoms with van der Waals surface area (Å²) in [4.78, 5) is 2.12. The minimum absolute atomic E-state index is 0.607. The van der Waals surface area contributed by atoms with Crippen LogP contribution in [0.5, 0.6) is 0 Å². The Morgan fingerprint density at radius 3 is 2.40 bits per heavy atom. The molecule has 1 atom stereocenters. The molecule has 0 bridgehead atoms. The second-order valence-corrected chi connectivity index (χ2v) is 6.49. The molecule has 15 heavy (non-hydrogen) atoms. The lowest BCUT2D eigenvalue weighted by atomic mass is 9.88. The van der Waals surface area contributed by atoms with Crippen LogP contribution in [0.15, 0.2) is 17.5 Å². The van der Waals surface area contributed by atoms with E-state index in [4.69, 9.17) is 0 Å². The van der Waals surface area contributed by atoms with Gasteiger partial charge in [0.15, 0.2) is 0 Å². The second-order valence-electron chi connectivity index (χ2n) is 4.52. The van der Waals surface area contributed by atoms with Crippen LogP contribution in [0.25, 0.3) is 0 Å². The Morgan fingerprint density at radius 2 is 1.80 bits per heavy atom. The van der Waals surface area contributed by atoms with Crippen molar-refractivity contribution in [2.75, 3.05) is 0 Å². The quantitative estimate of drug-likeness (QED) is 0.626. The van der Waals surface area contributed by atoms with E-state index < -0.39 is 0 Å². The van der Waals surface area contributed by atoms with Gasteiger partial charge in [-0.3, -0.25) is 0 Å². The highest BCUT2D eigenvalue weighted by atomic mass is 79.9. The zero-order valence-electron chi connectivity index (χ0n) is 9.12. The molecule has 0 aliphatic heterocycles. The maximum absolute atomic E-state index is 3.90. The fourth-order valence-electron chi connectivity index (χ4n) is 2.46. The Bertz CT molecular complexity index is 260. The standard InChI is InChI=1S/C13H19BrS/c14-13(12-9-6-10-15-12)11-7-4-2-1-3-5-8-11/h6,9-11,13H,1-5,7-8H2. The van der Waals surface area contributed by atoms with Gasteiger partial charge in [-0.2, -0.15) is 0 Å². The van der Waals surface area contributed by atoms with Gasteiger partial charge in [0.05, 0.1) is 4.83 Å². The minimum atomic E-state index is 0.607. The maximum Gasteiger partial charge on any atom is 0.0517 e. The first-order valence-corrected chi connectivity index (χ1v) is 7.85. The molecule has 1 unspecified atom stereocenters. The van der Waals surface area contributed by atoms with Gasteiger partial charge in [0.1, 0.15) is 0 Å². The molecule has 0 N–H and O–H groups in total. The molecule has 2 heteroatoms. The van der Waals surface area contributed by atoms with Crippen LogP contribution in [-0.4, -0.2) is 0 Å². The van der Waals surface area contributed by atoms with E-state index in [1.165, 1.54) is 49.8 Å². The van der Waals surface area contributed by atoms with Crippen molar-refractivity contribution in [3.05, 3.63) is 22.4 Å². The van der Waals surface area contributed by atoms with Gasteiger partial charge in [-0.05, 0) is 30.2 Å². The van der Waals surface area contributed by atoms with E-state index in [0.717, 1.165) is 5.92 Å². The number of thiophene rings is 1. The molecule has 0 radical (unpaired) electrons. The summed E-state index contributed by atoms with van der Waals surface area (Å²) in [5.41, 5.74) is 0. The molecule has 1 aromatic heterocycles. The van der Waals surface area contributed by atoms with Crippen LogP contribution in [0, 0.1) is 5.92 Å². The summed E-state index contributed by atoms with van der Waals surface area (Å²) >= 11 is 5.79. The van der Waals surface area contributed by atoms with Crippen molar-refractivity contribution >= 4 is 27.3 Å². The lowest BCUT2D eigenvalue weighted by Crippen LogP contribution is -2.09. The largest absolute Gasteiger partial charge is 0.148 e. The van der Waals surface area contributed by atoms with Crippen molar-refractivity contribution in [2.45, 2.75) is 49.8 Å². The third-order valence-corrected chi connectivity index (χ3v) is 5.88. The molecule has 0 aromatic carbocycles. The van der Waals surface area contributed by atoms with Crippen molar-refractivity contribution in [2.24, 2.45) is 5.92 Å². The van der Waals surface area contributed by atoms with Crippen LogP contribution in [-0.2, 0) is 0 Å². The molecule has 0 spiro atoms. The van der Waals surface area contributed by atoms with Crippen molar-refractivity contribution in [1.29, 1.82) is 0 Å². The van der Waals surface area contributed by atoms with Crippen molar-refractivity contribution in [3.8, 4) is 0 Å². The van der Waals surface area contributed by atoms with Gasteiger partial charge < -0.3 is 0 Å². The average Bonchev–Trinajstić information content (AvgIpc) is 2.68. The van der Waals surface area contributed by atoms with E-state index in [1.54, 1.807) is 0 Å². The molecule has 0 nitrogen and oxygen atoms in total. The number of rotatable bonds is 2. The Hall–Kier alpha value is 0.180. The second kappa shape index (κ2) is 6.05. The summed E-state index contributed by atoms with van der Waals surface area (Å²) in [6.45, 7) is 0. The maximum atomic E-state index is 3.90. The van der Waals surface area contributed by atoms with Crippen LogP contribution < -0.4 is 0 Å². The summed E-state index contributed by atoms with van der Waals surface area (Å²) in [6, 6.07) is 4.43. The summed E-state index contributed by atoms with van der Waals surface area (Å²) in [5, 5.41) is 2.19. The predicted octanol–water partition coefficient (Wildman–Crippen LogP) is 5.54. The van der Waals surface area contributed by atoms with Crippen molar-refractivity contribution < 1.29 is 0 Å². The lowest BCUT2D eigenvalue weighted by Gasteiger charge is -2.23. The van der Waals surface area contributed by atoms with Gasteiger partial charge in [0.2, 0.25) is 0 Å². The van der Waals surface area contributed by atoms with Crippen LogP contribution in [0.4, 0.5) is 0 Å². The zero-order chi connectivity index (χ0) is 10.5. The molecular weight excluding hydrogens is 268 g/mol. The minimum Gasteiger partial charge on any atom is -0.148 e. The van der Waals surface area contributed by atoms with Gasteiger partial charge >= 0.3 is 0 Å². The lowest BCUT2D eigenvalue weighted by molar-refractivity contribution is 0.376. The summed E-state index contributed by atoms with van der Waals surface area (Å²) in [7, 11) is 0. The van der Waals surface area contributed by atoms with Crippen LogP contribution >= 0.6 is 27.3 Å².